The van der Waals surface area contributed by atoms with Crippen molar-refractivity contribution in [3.05, 3.63) is 95.1 Å². The fraction of sp³-hybridized carbons (Fsp3) is 0.355. The van der Waals surface area contributed by atoms with Gasteiger partial charge in [0.1, 0.15) is 0 Å². The Balaban J connectivity index is 1.50. The molecule has 0 atom stereocenters. The second-order valence-electron chi connectivity index (χ2n) is 9.35. The summed E-state index contributed by atoms with van der Waals surface area (Å²) >= 11 is 0. The van der Waals surface area contributed by atoms with Gasteiger partial charge in [-0.05, 0) is 54.9 Å². The van der Waals surface area contributed by atoms with Gasteiger partial charge in [0.25, 0.3) is 0 Å². The Kier molecular flexibility index (Phi) is 9.17. The molecular weight excluding hydrogens is 480 g/mol. The van der Waals surface area contributed by atoms with Crippen LogP contribution in [0.25, 0.3) is 22.3 Å². The Morgan fingerprint density at radius 2 is 1.38 bits per heavy atom. The summed E-state index contributed by atoms with van der Waals surface area (Å²) < 4.78 is 70.9. The minimum absolute atomic E-state index is 0.0947. The van der Waals surface area contributed by atoms with E-state index < -0.39 is 23.3 Å². The van der Waals surface area contributed by atoms with Crippen LogP contribution in [-0.2, 0) is 15.9 Å². The van der Waals surface area contributed by atoms with Gasteiger partial charge in [0.05, 0.1) is 13.2 Å². The molecule has 37 heavy (non-hydrogen) atoms. The monoisotopic (exact) mass is 512 g/mol. The zero-order valence-corrected chi connectivity index (χ0v) is 21.2. The molecule has 0 unspecified atom stereocenters. The average Bonchev–Trinajstić information content (AvgIpc) is 2.92. The van der Waals surface area contributed by atoms with Crippen molar-refractivity contribution in [3.63, 3.8) is 0 Å². The standard InChI is InChI=1S/C31H32F4O2/c1-3-5-7-8-22-14-15-24(29(33)28(22)32)20-10-12-21(13-11-20)25-16-17-26(31(35)30(25)34)23-18-36-27(37-19-23)9-6-4-2/h3,5,10-17,23,27H,4,6-9,18-19H2,1-2H3/b5-3+. The molecule has 3 aromatic carbocycles. The van der Waals surface area contributed by atoms with E-state index in [0.717, 1.165) is 19.3 Å². The van der Waals surface area contributed by atoms with Crippen molar-refractivity contribution in [3.8, 4) is 22.3 Å². The van der Waals surface area contributed by atoms with E-state index in [9.17, 15) is 8.78 Å². The molecule has 0 spiro atoms. The third kappa shape index (κ3) is 6.13. The van der Waals surface area contributed by atoms with E-state index in [4.69, 9.17) is 9.47 Å². The summed E-state index contributed by atoms with van der Waals surface area (Å²) in [5, 5.41) is 0. The molecule has 0 amide bonds. The summed E-state index contributed by atoms with van der Waals surface area (Å²) in [6.07, 6.45) is 7.31. The van der Waals surface area contributed by atoms with Crippen molar-refractivity contribution >= 4 is 0 Å². The fourth-order valence-electron chi connectivity index (χ4n) is 4.60. The lowest BCUT2D eigenvalue weighted by Gasteiger charge is -2.30. The molecule has 1 aliphatic heterocycles. The first kappa shape index (κ1) is 27.1. The van der Waals surface area contributed by atoms with Gasteiger partial charge in [0.2, 0.25) is 0 Å². The van der Waals surface area contributed by atoms with Gasteiger partial charge in [-0.1, -0.05) is 74.0 Å². The molecular formula is C31H32F4O2. The fourth-order valence-corrected chi connectivity index (χ4v) is 4.60. The van der Waals surface area contributed by atoms with E-state index >= 15 is 8.78 Å². The van der Waals surface area contributed by atoms with Gasteiger partial charge in [-0.25, -0.2) is 17.6 Å². The van der Waals surface area contributed by atoms with Crippen LogP contribution in [0.15, 0.2) is 60.7 Å². The highest BCUT2D eigenvalue weighted by Crippen LogP contribution is 2.34. The number of unbranched alkanes of at least 4 members (excludes halogenated alkanes) is 1. The van der Waals surface area contributed by atoms with Gasteiger partial charge < -0.3 is 9.47 Å². The smallest absolute Gasteiger partial charge is 0.166 e. The Bertz CT molecular complexity index is 1230. The maximum absolute atomic E-state index is 15.1. The van der Waals surface area contributed by atoms with Gasteiger partial charge in [-0.3, -0.25) is 0 Å². The summed E-state index contributed by atoms with van der Waals surface area (Å²) in [7, 11) is 0. The van der Waals surface area contributed by atoms with Gasteiger partial charge >= 0.3 is 0 Å². The van der Waals surface area contributed by atoms with Crippen molar-refractivity contribution < 1.29 is 27.0 Å². The number of hydrogen-bond acceptors (Lipinski definition) is 2. The minimum Gasteiger partial charge on any atom is -0.352 e. The van der Waals surface area contributed by atoms with Crippen LogP contribution >= 0.6 is 0 Å². The van der Waals surface area contributed by atoms with E-state index in [-0.39, 0.29) is 42.1 Å². The zero-order chi connectivity index (χ0) is 26.4. The van der Waals surface area contributed by atoms with E-state index in [1.807, 2.05) is 19.1 Å². The molecule has 0 saturated carbocycles. The highest BCUT2D eigenvalue weighted by molar-refractivity contribution is 5.71. The van der Waals surface area contributed by atoms with Gasteiger partial charge in [-0.2, -0.15) is 0 Å². The molecule has 196 valence electrons. The molecule has 0 radical (unpaired) electrons. The van der Waals surface area contributed by atoms with Crippen LogP contribution in [0.4, 0.5) is 17.6 Å². The van der Waals surface area contributed by atoms with Crippen LogP contribution in [0.2, 0.25) is 0 Å². The van der Waals surface area contributed by atoms with E-state index in [1.165, 1.54) is 6.07 Å². The maximum atomic E-state index is 15.1. The highest BCUT2D eigenvalue weighted by Gasteiger charge is 2.27. The summed E-state index contributed by atoms with van der Waals surface area (Å²) in [5.41, 5.74) is 1.64. The summed E-state index contributed by atoms with van der Waals surface area (Å²) in [5.74, 6) is -4.04. The van der Waals surface area contributed by atoms with Crippen molar-refractivity contribution in [1.82, 2.24) is 0 Å². The van der Waals surface area contributed by atoms with E-state index in [2.05, 4.69) is 6.92 Å². The first-order valence-corrected chi connectivity index (χ1v) is 12.8. The number of allylic oxidation sites excluding steroid dienone is 2. The number of benzene rings is 3. The normalized spacial score (nSPS) is 18.0. The first-order chi connectivity index (χ1) is 17.9. The van der Waals surface area contributed by atoms with Crippen LogP contribution in [0.5, 0.6) is 0 Å². The Labute approximate surface area is 215 Å². The lowest BCUT2D eigenvalue weighted by Crippen LogP contribution is -2.31. The third-order valence-corrected chi connectivity index (χ3v) is 6.80. The highest BCUT2D eigenvalue weighted by atomic mass is 19.2. The Morgan fingerprint density at radius 3 is 1.97 bits per heavy atom. The molecule has 0 aromatic heterocycles. The van der Waals surface area contributed by atoms with Crippen LogP contribution < -0.4 is 0 Å². The molecule has 6 heteroatoms. The number of rotatable bonds is 9. The molecule has 1 heterocycles. The van der Waals surface area contributed by atoms with Gasteiger partial charge in [-0.15, -0.1) is 0 Å². The molecule has 0 aliphatic carbocycles. The minimum atomic E-state index is -0.957. The molecule has 1 fully saturated rings. The van der Waals surface area contributed by atoms with Crippen molar-refractivity contribution in [2.24, 2.45) is 0 Å². The summed E-state index contributed by atoms with van der Waals surface area (Å²) in [6, 6.07) is 12.6. The predicted octanol–water partition coefficient (Wildman–Crippen LogP) is 8.73. The number of halogens is 4. The number of hydrogen-bond donors (Lipinski definition) is 0. The van der Waals surface area contributed by atoms with Crippen LogP contribution in [0, 0.1) is 23.3 Å². The van der Waals surface area contributed by atoms with Crippen LogP contribution in [0.1, 0.15) is 56.6 Å². The molecule has 1 aliphatic rings. The maximum Gasteiger partial charge on any atom is 0.166 e. The van der Waals surface area contributed by atoms with Crippen molar-refractivity contribution in [2.45, 2.75) is 58.2 Å². The number of ether oxygens (including phenoxy) is 2. The van der Waals surface area contributed by atoms with Gasteiger partial charge in [0.15, 0.2) is 29.6 Å². The third-order valence-electron chi connectivity index (χ3n) is 6.80. The summed E-state index contributed by atoms with van der Waals surface area (Å²) in [6.45, 7) is 4.51. The second kappa shape index (κ2) is 12.5. The summed E-state index contributed by atoms with van der Waals surface area (Å²) in [4.78, 5) is 0. The number of aryl methyl sites for hydroxylation is 1. The quantitative estimate of drug-likeness (QED) is 0.211. The molecule has 0 N–H and O–H groups in total. The first-order valence-electron chi connectivity index (χ1n) is 12.8. The average molecular weight is 513 g/mol. The van der Waals surface area contributed by atoms with E-state index in [0.29, 0.717) is 29.5 Å². The van der Waals surface area contributed by atoms with E-state index in [1.54, 1.807) is 42.5 Å². The molecule has 4 rings (SSSR count). The molecule has 0 bridgehead atoms. The molecule has 1 saturated heterocycles. The Hall–Kier alpha value is -2.96. The van der Waals surface area contributed by atoms with Crippen LogP contribution in [0.3, 0.4) is 0 Å². The molecule has 2 nitrogen and oxygen atoms in total. The lowest BCUT2D eigenvalue weighted by molar-refractivity contribution is -0.190. The SMILES string of the molecule is C/C=C/CCc1ccc(-c2ccc(-c3ccc(C4COC(CCCC)OC4)c(F)c3F)cc2)c(F)c1F. The van der Waals surface area contributed by atoms with Crippen molar-refractivity contribution in [1.29, 1.82) is 0 Å². The molecule has 3 aromatic rings. The second-order valence-corrected chi connectivity index (χ2v) is 9.35. The largest absolute Gasteiger partial charge is 0.352 e. The topological polar surface area (TPSA) is 18.5 Å². The van der Waals surface area contributed by atoms with Crippen LogP contribution in [-0.4, -0.2) is 19.5 Å². The predicted molar refractivity (Wildman–Crippen MR) is 138 cm³/mol. The van der Waals surface area contributed by atoms with Crippen molar-refractivity contribution in [2.75, 3.05) is 13.2 Å². The zero-order valence-electron chi connectivity index (χ0n) is 21.2. The van der Waals surface area contributed by atoms with Gasteiger partial charge in [0, 0.05) is 17.0 Å². The Morgan fingerprint density at radius 1 is 0.784 bits per heavy atom. The lowest BCUT2D eigenvalue weighted by atomic mass is 9.94.